The Bertz CT molecular complexity index is 358. The van der Waals surface area contributed by atoms with E-state index in [1.165, 1.54) is 24.3 Å². The fraction of sp³-hybridized carbons (Fsp3) is 0.300. The first kappa shape index (κ1) is 14.7. The van der Waals surface area contributed by atoms with Crippen molar-refractivity contribution in [2.75, 3.05) is 6.67 Å². The molecule has 0 aromatic heterocycles. The number of benzene rings is 1. The van der Waals surface area contributed by atoms with E-state index < -0.39 is 18.2 Å². The summed E-state index contributed by atoms with van der Waals surface area (Å²) in [6, 6.07) is 5.82. The molecule has 0 aliphatic heterocycles. The Hall–Kier alpha value is -1.33. The van der Waals surface area contributed by atoms with Crippen LogP contribution >= 0.6 is 12.4 Å². The van der Waals surface area contributed by atoms with E-state index in [1.54, 1.807) is 0 Å². The third-order valence-corrected chi connectivity index (χ3v) is 2.12. The van der Waals surface area contributed by atoms with Gasteiger partial charge in [0.2, 0.25) is 0 Å². The number of hydrogen-bond donors (Lipinski definition) is 3. The molecule has 0 saturated carbocycles. The zero-order chi connectivity index (χ0) is 11.5. The van der Waals surface area contributed by atoms with Crippen molar-refractivity contribution in [1.29, 1.82) is 0 Å². The van der Waals surface area contributed by atoms with Crippen molar-refractivity contribution in [2.24, 2.45) is 5.73 Å². The van der Waals surface area contributed by atoms with Gasteiger partial charge in [-0.3, -0.25) is 4.79 Å². The van der Waals surface area contributed by atoms with Crippen LogP contribution in [0.3, 0.4) is 0 Å². The Balaban J connectivity index is 0.00000225. The number of phenolic OH excluding ortho intramolecular Hbond substituents is 1. The van der Waals surface area contributed by atoms with Crippen LogP contribution in [0.15, 0.2) is 24.3 Å². The van der Waals surface area contributed by atoms with Gasteiger partial charge < -0.3 is 15.9 Å². The molecule has 4 nitrogen and oxygen atoms in total. The lowest BCUT2D eigenvalue weighted by atomic mass is 9.93. The van der Waals surface area contributed by atoms with Crippen molar-refractivity contribution in [3.63, 3.8) is 0 Å². The molecule has 0 bridgehead atoms. The Morgan fingerprint density at radius 3 is 2.25 bits per heavy atom. The van der Waals surface area contributed by atoms with Crippen LogP contribution in [0.2, 0.25) is 0 Å². The molecule has 0 aliphatic carbocycles. The fourth-order valence-electron chi connectivity index (χ4n) is 1.16. The standard InChI is InChI=1S/C10H12FNO3.ClH/c11-6-10(12,9(14)15)5-7-1-3-8(13)4-2-7;/h1-4,13H,5-6,12H2,(H,14,15);1H. The molecule has 0 amide bonds. The van der Waals surface area contributed by atoms with E-state index in [1.807, 2.05) is 0 Å². The van der Waals surface area contributed by atoms with E-state index in [0.29, 0.717) is 5.56 Å². The summed E-state index contributed by atoms with van der Waals surface area (Å²) in [6.07, 6.45) is -0.112. The van der Waals surface area contributed by atoms with Gasteiger partial charge in [-0.15, -0.1) is 12.4 Å². The number of carboxylic acid groups (broad SMARTS) is 1. The van der Waals surface area contributed by atoms with E-state index in [2.05, 4.69) is 0 Å². The summed E-state index contributed by atoms with van der Waals surface area (Å²) in [5.41, 5.74) is 4.05. The summed E-state index contributed by atoms with van der Waals surface area (Å²) < 4.78 is 12.5. The number of aliphatic carboxylic acids is 1. The van der Waals surface area contributed by atoms with Crippen LogP contribution in [0.4, 0.5) is 4.39 Å². The number of nitrogens with two attached hydrogens (primary N) is 1. The highest BCUT2D eigenvalue weighted by Gasteiger charge is 2.34. The molecule has 0 aliphatic rings. The number of aromatic hydroxyl groups is 1. The first-order valence-corrected chi connectivity index (χ1v) is 4.34. The van der Waals surface area contributed by atoms with Gasteiger partial charge in [0.25, 0.3) is 0 Å². The van der Waals surface area contributed by atoms with Crippen molar-refractivity contribution in [1.82, 2.24) is 0 Å². The van der Waals surface area contributed by atoms with Crippen LogP contribution in [0, 0.1) is 0 Å². The highest BCUT2D eigenvalue weighted by molar-refractivity contribution is 5.85. The van der Waals surface area contributed by atoms with Gasteiger partial charge in [0, 0.05) is 6.42 Å². The van der Waals surface area contributed by atoms with Crippen LogP contribution in [-0.2, 0) is 11.2 Å². The largest absolute Gasteiger partial charge is 0.508 e. The summed E-state index contributed by atoms with van der Waals surface area (Å²) in [5, 5.41) is 17.7. The highest BCUT2D eigenvalue weighted by atomic mass is 35.5. The average Bonchev–Trinajstić information content (AvgIpc) is 2.21. The molecule has 0 saturated heterocycles. The molecule has 1 rings (SSSR count). The van der Waals surface area contributed by atoms with Crippen molar-refractivity contribution >= 4 is 18.4 Å². The maximum absolute atomic E-state index is 12.5. The summed E-state index contributed by atoms with van der Waals surface area (Å²) in [6.45, 7) is -1.14. The average molecular weight is 250 g/mol. The van der Waals surface area contributed by atoms with Crippen molar-refractivity contribution in [3.05, 3.63) is 29.8 Å². The molecular weight excluding hydrogens is 237 g/mol. The molecule has 4 N–H and O–H groups in total. The molecule has 1 atom stereocenters. The Morgan fingerprint density at radius 1 is 1.38 bits per heavy atom. The third-order valence-electron chi connectivity index (χ3n) is 2.12. The number of rotatable bonds is 4. The zero-order valence-electron chi connectivity index (χ0n) is 8.39. The topological polar surface area (TPSA) is 83.5 Å². The second-order valence-corrected chi connectivity index (χ2v) is 3.44. The van der Waals surface area contributed by atoms with Crippen molar-refractivity contribution in [3.8, 4) is 5.75 Å². The zero-order valence-corrected chi connectivity index (χ0v) is 9.21. The molecule has 16 heavy (non-hydrogen) atoms. The minimum atomic E-state index is -1.89. The minimum Gasteiger partial charge on any atom is -0.508 e. The first-order chi connectivity index (χ1) is 6.98. The molecule has 0 fully saturated rings. The number of phenols is 1. The maximum Gasteiger partial charge on any atom is 0.326 e. The van der Waals surface area contributed by atoms with Gasteiger partial charge in [-0.25, -0.2) is 4.39 Å². The predicted octanol–water partition coefficient (Wildman–Crippen LogP) is 1.11. The summed E-state index contributed by atoms with van der Waals surface area (Å²) in [7, 11) is 0. The van der Waals surface area contributed by atoms with Gasteiger partial charge >= 0.3 is 5.97 Å². The molecule has 1 aromatic carbocycles. The number of hydrogen-bond acceptors (Lipinski definition) is 3. The fourth-order valence-corrected chi connectivity index (χ4v) is 1.16. The highest BCUT2D eigenvalue weighted by Crippen LogP contribution is 2.15. The summed E-state index contributed by atoms with van der Waals surface area (Å²) in [4.78, 5) is 10.7. The Labute approximate surface area is 98.3 Å². The molecule has 1 aromatic rings. The molecule has 90 valence electrons. The van der Waals surface area contributed by atoms with E-state index in [-0.39, 0.29) is 24.6 Å². The lowest BCUT2D eigenvalue weighted by molar-refractivity contribution is -0.143. The SMILES string of the molecule is Cl.NC(CF)(Cc1ccc(O)cc1)C(=O)O. The van der Waals surface area contributed by atoms with Crippen LogP contribution in [0.1, 0.15) is 5.56 Å². The van der Waals surface area contributed by atoms with E-state index in [0.717, 1.165) is 0 Å². The number of carboxylic acids is 1. The summed E-state index contributed by atoms with van der Waals surface area (Å²) >= 11 is 0. The van der Waals surface area contributed by atoms with Crippen molar-refractivity contribution in [2.45, 2.75) is 12.0 Å². The molecule has 1 unspecified atom stereocenters. The normalized spacial score (nSPS) is 13.6. The lowest BCUT2D eigenvalue weighted by Crippen LogP contribution is -2.52. The van der Waals surface area contributed by atoms with Crippen LogP contribution in [-0.4, -0.2) is 28.4 Å². The van der Waals surface area contributed by atoms with Gasteiger partial charge in [-0.05, 0) is 17.7 Å². The quantitative estimate of drug-likeness (QED) is 0.746. The Morgan fingerprint density at radius 2 is 1.88 bits per heavy atom. The van der Waals surface area contributed by atoms with E-state index >= 15 is 0 Å². The molecule has 0 spiro atoms. The third kappa shape index (κ3) is 3.36. The van der Waals surface area contributed by atoms with E-state index in [9.17, 15) is 9.18 Å². The van der Waals surface area contributed by atoms with Crippen LogP contribution < -0.4 is 5.73 Å². The summed E-state index contributed by atoms with van der Waals surface area (Å²) in [5.74, 6) is -1.31. The monoisotopic (exact) mass is 249 g/mol. The van der Waals surface area contributed by atoms with Crippen molar-refractivity contribution < 1.29 is 19.4 Å². The van der Waals surface area contributed by atoms with Gasteiger partial charge in [-0.1, -0.05) is 12.1 Å². The minimum absolute atomic E-state index is 0. The molecule has 0 heterocycles. The first-order valence-electron chi connectivity index (χ1n) is 4.34. The Kier molecular flexibility index (Phi) is 5.20. The van der Waals surface area contributed by atoms with Crippen LogP contribution in [0.25, 0.3) is 0 Å². The maximum atomic E-state index is 12.5. The van der Waals surface area contributed by atoms with E-state index in [4.69, 9.17) is 15.9 Å². The van der Waals surface area contributed by atoms with Gasteiger partial charge in [-0.2, -0.15) is 0 Å². The molecule has 6 heteroatoms. The predicted molar refractivity (Wildman–Crippen MR) is 59.6 cm³/mol. The molecule has 0 radical (unpaired) electrons. The van der Waals surface area contributed by atoms with Crippen LogP contribution in [0.5, 0.6) is 5.75 Å². The van der Waals surface area contributed by atoms with Gasteiger partial charge in [0.15, 0.2) is 0 Å². The number of carbonyl (C=O) groups is 1. The second-order valence-electron chi connectivity index (χ2n) is 3.44. The number of halogens is 2. The lowest BCUT2D eigenvalue weighted by Gasteiger charge is -2.20. The second kappa shape index (κ2) is 5.67. The molecular formula is C10H13ClFNO3. The number of alkyl halides is 1. The smallest absolute Gasteiger partial charge is 0.326 e. The van der Waals surface area contributed by atoms with Gasteiger partial charge in [0.1, 0.15) is 18.0 Å². The van der Waals surface area contributed by atoms with Gasteiger partial charge in [0.05, 0.1) is 0 Å².